The molecular weight excluding hydrogens is 364 g/mol. The third-order valence-electron chi connectivity index (χ3n) is 5.84. The van der Waals surface area contributed by atoms with E-state index in [1.807, 2.05) is 37.4 Å². The van der Waals surface area contributed by atoms with Gasteiger partial charge in [0.05, 0.1) is 18.9 Å². The van der Waals surface area contributed by atoms with Crippen molar-refractivity contribution in [1.82, 2.24) is 10.2 Å². The van der Waals surface area contributed by atoms with Crippen LogP contribution in [0, 0.1) is 18.8 Å². The lowest BCUT2D eigenvalue weighted by molar-refractivity contribution is -0.154. The summed E-state index contributed by atoms with van der Waals surface area (Å²) < 4.78 is 5.12. The van der Waals surface area contributed by atoms with Crippen LogP contribution in [0.5, 0.6) is 0 Å². The average molecular weight is 391 g/mol. The van der Waals surface area contributed by atoms with E-state index in [0.717, 1.165) is 11.1 Å². The van der Waals surface area contributed by atoms with Crippen molar-refractivity contribution in [2.75, 3.05) is 25.7 Å². The summed E-state index contributed by atoms with van der Waals surface area (Å²) in [5, 5.41) is 3.40. The Morgan fingerprint density at radius 3 is 2.59 bits per heavy atom. The van der Waals surface area contributed by atoms with E-state index in [1.165, 1.54) is 12.0 Å². The van der Waals surface area contributed by atoms with Crippen LogP contribution in [0.4, 0.5) is 0 Å². The van der Waals surface area contributed by atoms with E-state index in [0.29, 0.717) is 18.7 Å². The molecule has 2 saturated heterocycles. The molecule has 2 fully saturated rings. The van der Waals surface area contributed by atoms with E-state index in [1.54, 1.807) is 18.7 Å². The highest BCUT2D eigenvalue weighted by Crippen LogP contribution is 2.51. The standard InChI is InChI=1S/C20H26N2O4S/c1-5-22-17(23)14-15(18(22)24)20(10-11-27-4,19(25)26-3)21-16(14)13-9-7-6-8-12(13)2/h6-9,14-16,21H,5,10-11H2,1-4H3/t14-,15+,16+,20-/m1/s1. The van der Waals surface area contributed by atoms with Crippen molar-refractivity contribution in [2.45, 2.75) is 31.8 Å². The topological polar surface area (TPSA) is 75.7 Å². The molecule has 27 heavy (non-hydrogen) atoms. The lowest BCUT2D eigenvalue weighted by Gasteiger charge is -2.32. The van der Waals surface area contributed by atoms with Gasteiger partial charge in [0.1, 0.15) is 5.54 Å². The highest BCUT2D eigenvalue weighted by atomic mass is 32.2. The first kappa shape index (κ1) is 19.9. The maximum absolute atomic E-state index is 13.1. The third-order valence-corrected chi connectivity index (χ3v) is 6.45. The first-order chi connectivity index (χ1) is 12.9. The second-order valence-corrected chi connectivity index (χ2v) is 8.09. The SMILES string of the molecule is CCN1C(=O)[C@@H]2[C@@H](C1=O)[C@](CCSC)(C(=O)OC)N[C@H]2c1ccccc1C. The zero-order chi connectivity index (χ0) is 19.8. The quantitative estimate of drug-likeness (QED) is 0.591. The Balaban J connectivity index is 2.16. The summed E-state index contributed by atoms with van der Waals surface area (Å²) in [6.45, 7) is 4.07. The van der Waals surface area contributed by atoms with E-state index >= 15 is 0 Å². The van der Waals surface area contributed by atoms with Gasteiger partial charge in [-0.2, -0.15) is 11.8 Å². The first-order valence-electron chi connectivity index (χ1n) is 9.18. The highest BCUT2D eigenvalue weighted by molar-refractivity contribution is 7.98. The largest absolute Gasteiger partial charge is 0.468 e. The van der Waals surface area contributed by atoms with Gasteiger partial charge in [-0.25, -0.2) is 0 Å². The number of aryl methyl sites for hydroxylation is 1. The highest BCUT2D eigenvalue weighted by Gasteiger charge is 2.68. The number of amides is 2. The number of methoxy groups -OCH3 is 1. The summed E-state index contributed by atoms with van der Waals surface area (Å²) in [4.78, 5) is 40.5. The number of carbonyl (C=O) groups is 3. The van der Waals surface area contributed by atoms with Crippen LogP contribution < -0.4 is 5.32 Å². The Morgan fingerprint density at radius 2 is 2.00 bits per heavy atom. The monoisotopic (exact) mass is 390 g/mol. The van der Waals surface area contributed by atoms with Crippen molar-refractivity contribution in [3.63, 3.8) is 0 Å². The van der Waals surface area contributed by atoms with E-state index in [-0.39, 0.29) is 11.8 Å². The van der Waals surface area contributed by atoms with Gasteiger partial charge < -0.3 is 4.74 Å². The summed E-state index contributed by atoms with van der Waals surface area (Å²) in [7, 11) is 1.33. The van der Waals surface area contributed by atoms with Crippen molar-refractivity contribution in [1.29, 1.82) is 0 Å². The van der Waals surface area contributed by atoms with Crippen LogP contribution in [-0.2, 0) is 19.1 Å². The molecule has 1 N–H and O–H groups in total. The summed E-state index contributed by atoms with van der Waals surface area (Å²) in [6.07, 6.45) is 2.39. The van der Waals surface area contributed by atoms with Crippen LogP contribution in [0.2, 0.25) is 0 Å². The van der Waals surface area contributed by atoms with Gasteiger partial charge in [-0.3, -0.25) is 24.6 Å². The number of hydrogen-bond acceptors (Lipinski definition) is 6. The van der Waals surface area contributed by atoms with Crippen LogP contribution in [-0.4, -0.2) is 53.9 Å². The summed E-state index contributed by atoms with van der Waals surface area (Å²) in [6, 6.07) is 7.39. The molecule has 1 aromatic rings. The summed E-state index contributed by atoms with van der Waals surface area (Å²) in [5.74, 6) is -1.61. The van der Waals surface area contributed by atoms with Gasteiger partial charge in [-0.05, 0) is 43.4 Å². The molecule has 4 atom stereocenters. The summed E-state index contributed by atoms with van der Waals surface area (Å²) in [5.41, 5.74) is 0.780. The molecule has 2 aliphatic rings. The Hall–Kier alpha value is -1.86. The average Bonchev–Trinajstić information content (AvgIpc) is 3.14. The number of likely N-dealkylation sites (tertiary alicyclic amines) is 1. The molecule has 0 aliphatic carbocycles. The van der Waals surface area contributed by atoms with Crippen molar-refractivity contribution in [3.05, 3.63) is 35.4 Å². The number of nitrogens with one attached hydrogen (secondary N) is 1. The van der Waals surface area contributed by atoms with E-state index < -0.39 is 29.4 Å². The molecule has 2 amide bonds. The number of benzene rings is 1. The molecule has 0 radical (unpaired) electrons. The van der Waals surface area contributed by atoms with Gasteiger partial charge in [-0.15, -0.1) is 0 Å². The lowest BCUT2D eigenvalue weighted by atomic mass is 9.77. The second-order valence-electron chi connectivity index (χ2n) is 7.11. The minimum absolute atomic E-state index is 0.205. The Labute approximate surface area is 164 Å². The van der Waals surface area contributed by atoms with Crippen LogP contribution in [0.3, 0.4) is 0 Å². The minimum atomic E-state index is -1.19. The number of esters is 1. The number of thioether (sulfide) groups is 1. The Morgan fingerprint density at radius 1 is 1.30 bits per heavy atom. The fraction of sp³-hybridized carbons (Fsp3) is 0.550. The number of imide groups is 1. The third kappa shape index (κ3) is 2.97. The Bertz CT molecular complexity index is 768. The van der Waals surface area contributed by atoms with Gasteiger partial charge >= 0.3 is 5.97 Å². The van der Waals surface area contributed by atoms with Crippen molar-refractivity contribution in [3.8, 4) is 0 Å². The fourth-order valence-corrected chi connectivity index (χ4v) is 5.07. The van der Waals surface area contributed by atoms with Crippen LogP contribution in [0.25, 0.3) is 0 Å². The van der Waals surface area contributed by atoms with Crippen LogP contribution >= 0.6 is 11.8 Å². The van der Waals surface area contributed by atoms with E-state index in [4.69, 9.17) is 4.74 Å². The van der Waals surface area contributed by atoms with Gasteiger partial charge in [0.25, 0.3) is 0 Å². The number of hydrogen-bond donors (Lipinski definition) is 1. The van der Waals surface area contributed by atoms with Gasteiger partial charge in [0, 0.05) is 12.6 Å². The summed E-state index contributed by atoms with van der Waals surface area (Å²) >= 11 is 1.60. The molecule has 2 aliphatic heterocycles. The van der Waals surface area contributed by atoms with Crippen molar-refractivity contribution >= 4 is 29.5 Å². The van der Waals surface area contributed by atoms with Crippen LogP contribution in [0.15, 0.2) is 24.3 Å². The van der Waals surface area contributed by atoms with Gasteiger partial charge in [0.2, 0.25) is 11.8 Å². The predicted molar refractivity (Wildman–Crippen MR) is 104 cm³/mol. The van der Waals surface area contributed by atoms with Crippen molar-refractivity contribution in [2.24, 2.45) is 11.8 Å². The molecule has 3 rings (SSSR count). The smallest absolute Gasteiger partial charge is 0.326 e. The van der Waals surface area contributed by atoms with Crippen molar-refractivity contribution < 1.29 is 19.1 Å². The molecule has 0 spiro atoms. The molecule has 146 valence electrons. The van der Waals surface area contributed by atoms with Crippen LogP contribution in [0.1, 0.15) is 30.5 Å². The Kier molecular flexibility index (Phi) is 5.63. The molecule has 6 nitrogen and oxygen atoms in total. The second kappa shape index (κ2) is 7.64. The molecule has 0 saturated carbocycles. The fourth-order valence-electron chi connectivity index (χ4n) is 4.54. The molecule has 0 aromatic heterocycles. The van der Waals surface area contributed by atoms with Gasteiger partial charge in [-0.1, -0.05) is 24.3 Å². The molecule has 0 unspecified atom stereocenters. The van der Waals surface area contributed by atoms with Gasteiger partial charge in [0.15, 0.2) is 0 Å². The maximum Gasteiger partial charge on any atom is 0.326 e. The normalized spacial score (nSPS) is 29.9. The zero-order valence-corrected chi connectivity index (χ0v) is 17.0. The number of rotatable bonds is 6. The predicted octanol–water partition coefficient (Wildman–Crippen LogP) is 1.93. The first-order valence-corrected chi connectivity index (χ1v) is 10.6. The van der Waals surface area contributed by atoms with E-state index in [9.17, 15) is 14.4 Å². The molecule has 0 bridgehead atoms. The lowest BCUT2D eigenvalue weighted by Crippen LogP contribution is -2.56. The van der Waals surface area contributed by atoms with E-state index in [2.05, 4.69) is 5.32 Å². The number of ether oxygens (including phenoxy) is 1. The molecular formula is C20H26N2O4S. The number of fused-ring (bicyclic) bond motifs is 1. The number of carbonyl (C=O) groups excluding carboxylic acids is 3. The molecule has 7 heteroatoms. The molecule has 1 aromatic carbocycles. The maximum atomic E-state index is 13.1. The molecule has 2 heterocycles. The minimum Gasteiger partial charge on any atom is -0.468 e. The zero-order valence-electron chi connectivity index (χ0n) is 16.2. The number of nitrogens with zero attached hydrogens (tertiary/aromatic N) is 1.